The second-order valence-corrected chi connectivity index (χ2v) is 18.4. The first-order valence-corrected chi connectivity index (χ1v) is 20.9. The molecule has 9 rings (SSSR count). The molecule has 2 aliphatic rings. The molecule has 0 saturated heterocycles. The lowest BCUT2D eigenvalue weighted by molar-refractivity contribution is 0.590. The highest BCUT2D eigenvalue weighted by molar-refractivity contribution is 6.08. The predicted octanol–water partition coefficient (Wildman–Crippen LogP) is 15.8. The Hall–Kier alpha value is -6.12. The molecule has 0 bridgehead atoms. The van der Waals surface area contributed by atoms with E-state index < -0.39 is 0 Å². The number of benzene rings is 7. The molecule has 0 heterocycles. The topological polar surface area (TPSA) is 6.48 Å². The first-order chi connectivity index (χ1) is 27.8. The molecule has 0 saturated carbocycles. The third kappa shape index (κ3) is 6.85. The molecule has 7 aromatic carbocycles. The van der Waals surface area contributed by atoms with Gasteiger partial charge in [-0.15, -0.1) is 0 Å². The fourth-order valence-corrected chi connectivity index (χ4v) is 8.95. The summed E-state index contributed by atoms with van der Waals surface area (Å²) in [4.78, 5) is 4.86. The molecule has 288 valence electrons. The van der Waals surface area contributed by atoms with Crippen LogP contribution in [0.3, 0.4) is 0 Å². The average Bonchev–Trinajstić information content (AvgIpc) is 3.22. The predicted molar refractivity (Wildman–Crippen MR) is 252 cm³/mol. The first-order valence-electron chi connectivity index (χ1n) is 20.9. The number of hydrogen-bond acceptors (Lipinski definition) is 2. The van der Waals surface area contributed by atoms with Crippen LogP contribution in [0.4, 0.5) is 28.4 Å². The van der Waals surface area contributed by atoms with Crippen LogP contribution in [-0.2, 0) is 10.8 Å². The SMILES string of the molecule is Cc1c2ccc(N(C3=CC4C=CC=CC4C=C3)c3ccc(C(C)(C)C)cc3)cc2c(C)c2cc(N(c3ccc(C(C)(C)C)cc3)c3ccc4ccccc4c3)ccc12. The molecule has 7 aromatic rings. The van der Waals surface area contributed by atoms with Gasteiger partial charge in [0.25, 0.3) is 0 Å². The minimum absolute atomic E-state index is 0.0752. The molecule has 2 atom stereocenters. The second-order valence-electron chi connectivity index (χ2n) is 18.4. The number of anilines is 5. The van der Waals surface area contributed by atoms with Crippen molar-refractivity contribution < 1.29 is 0 Å². The fraction of sp³-hybridized carbons (Fsp3) is 0.214. The zero-order valence-corrected chi connectivity index (χ0v) is 35.2. The summed E-state index contributed by atoms with van der Waals surface area (Å²) < 4.78 is 0. The molecule has 0 spiro atoms. The molecule has 0 radical (unpaired) electrons. The molecule has 2 aliphatic carbocycles. The number of hydrogen-bond donors (Lipinski definition) is 0. The Morgan fingerprint density at radius 1 is 0.414 bits per heavy atom. The van der Waals surface area contributed by atoms with Gasteiger partial charge in [0.15, 0.2) is 0 Å². The van der Waals surface area contributed by atoms with Gasteiger partial charge in [0.2, 0.25) is 0 Å². The van der Waals surface area contributed by atoms with E-state index in [0.717, 1.165) is 28.4 Å². The summed E-state index contributed by atoms with van der Waals surface area (Å²) >= 11 is 0. The molecular formula is C56H54N2. The van der Waals surface area contributed by atoms with E-state index in [1.165, 1.54) is 60.3 Å². The fourth-order valence-electron chi connectivity index (χ4n) is 8.95. The van der Waals surface area contributed by atoms with Crippen molar-refractivity contribution in [3.8, 4) is 0 Å². The number of nitrogens with zero attached hydrogens (tertiary/aromatic N) is 2. The minimum Gasteiger partial charge on any atom is -0.311 e. The quantitative estimate of drug-likeness (QED) is 0.156. The van der Waals surface area contributed by atoms with Crippen LogP contribution in [0.25, 0.3) is 32.3 Å². The number of aryl methyl sites for hydroxylation is 2. The highest BCUT2D eigenvalue weighted by atomic mass is 15.2. The van der Waals surface area contributed by atoms with Crippen LogP contribution in [0.15, 0.2) is 176 Å². The van der Waals surface area contributed by atoms with E-state index in [2.05, 4.69) is 235 Å². The third-order valence-corrected chi connectivity index (χ3v) is 12.4. The first kappa shape index (κ1) is 37.5. The van der Waals surface area contributed by atoms with Crippen molar-refractivity contribution in [3.05, 3.63) is 198 Å². The van der Waals surface area contributed by atoms with Crippen molar-refractivity contribution in [2.75, 3.05) is 9.80 Å². The van der Waals surface area contributed by atoms with Gasteiger partial charge in [-0.05, 0) is 146 Å². The van der Waals surface area contributed by atoms with E-state index in [1.54, 1.807) is 0 Å². The van der Waals surface area contributed by atoms with Crippen LogP contribution in [0.1, 0.15) is 63.8 Å². The number of rotatable bonds is 6. The Balaban J connectivity index is 1.20. The van der Waals surface area contributed by atoms with Crippen LogP contribution in [-0.4, -0.2) is 0 Å². The third-order valence-electron chi connectivity index (χ3n) is 12.4. The van der Waals surface area contributed by atoms with E-state index >= 15 is 0 Å². The van der Waals surface area contributed by atoms with Crippen molar-refractivity contribution in [2.24, 2.45) is 11.8 Å². The average molecular weight is 755 g/mol. The maximum Gasteiger partial charge on any atom is 0.0468 e. The van der Waals surface area contributed by atoms with Crippen LogP contribution in [0.2, 0.25) is 0 Å². The summed E-state index contributed by atoms with van der Waals surface area (Å²) in [5.41, 5.74) is 12.4. The Kier molecular flexibility index (Phi) is 9.28. The van der Waals surface area contributed by atoms with Gasteiger partial charge in [-0.25, -0.2) is 0 Å². The number of allylic oxidation sites excluding steroid dienone is 7. The lowest BCUT2D eigenvalue weighted by Crippen LogP contribution is -2.21. The monoisotopic (exact) mass is 754 g/mol. The van der Waals surface area contributed by atoms with Crippen molar-refractivity contribution in [2.45, 2.75) is 66.2 Å². The molecule has 2 unspecified atom stereocenters. The Morgan fingerprint density at radius 3 is 1.47 bits per heavy atom. The normalized spacial score (nSPS) is 16.5. The molecule has 0 fully saturated rings. The van der Waals surface area contributed by atoms with Gasteiger partial charge < -0.3 is 9.80 Å². The van der Waals surface area contributed by atoms with E-state index in [-0.39, 0.29) is 10.8 Å². The maximum absolute atomic E-state index is 2.45. The molecule has 2 nitrogen and oxygen atoms in total. The summed E-state index contributed by atoms with van der Waals surface area (Å²) in [5.74, 6) is 0.731. The van der Waals surface area contributed by atoms with Gasteiger partial charge in [-0.1, -0.05) is 145 Å². The minimum atomic E-state index is 0.0752. The van der Waals surface area contributed by atoms with Gasteiger partial charge >= 0.3 is 0 Å². The molecule has 58 heavy (non-hydrogen) atoms. The Bertz CT molecular complexity index is 2820. The standard InChI is InChI=1S/C56H54N2/c1-37-51-31-29-49(57(45-25-19-43(20-26-45)55(3,4)5)47-23-17-39-13-9-11-15-41(39)33-47)35-53(51)38(2)54-36-50(30-32-52(37)54)58(46-27-21-44(22-28-46)56(6,7)8)48-24-18-40-14-10-12-16-42(40)34-48/h9-36,39,41H,1-8H3. The molecule has 0 aromatic heterocycles. The maximum atomic E-state index is 2.45. The molecule has 0 N–H and O–H groups in total. The van der Waals surface area contributed by atoms with Gasteiger partial charge in [-0.2, -0.15) is 0 Å². The van der Waals surface area contributed by atoms with Gasteiger partial charge in [-0.3, -0.25) is 0 Å². The van der Waals surface area contributed by atoms with Gasteiger partial charge in [0.1, 0.15) is 0 Å². The largest absolute Gasteiger partial charge is 0.311 e. The molecule has 0 amide bonds. The molecule has 2 heteroatoms. The zero-order chi connectivity index (χ0) is 40.3. The van der Waals surface area contributed by atoms with Crippen molar-refractivity contribution in [1.29, 1.82) is 0 Å². The summed E-state index contributed by atoms with van der Waals surface area (Å²) in [6, 6.07) is 47.9. The van der Waals surface area contributed by atoms with E-state index in [1.807, 2.05) is 0 Å². The van der Waals surface area contributed by atoms with Crippen LogP contribution in [0, 0.1) is 25.7 Å². The van der Waals surface area contributed by atoms with E-state index in [4.69, 9.17) is 0 Å². The smallest absolute Gasteiger partial charge is 0.0468 e. The summed E-state index contributed by atoms with van der Waals surface area (Å²) in [7, 11) is 0. The van der Waals surface area contributed by atoms with Crippen molar-refractivity contribution in [3.63, 3.8) is 0 Å². The zero-order valence-electron chi connectivity index (χ0n) is 35.2. The van der Waals surface area contributed by atoms with Crippen LogP contribution >= 0.6 is 0 Å². The molecular weight excluding hydrogens is 701 g/mol. The van der Waals surface area contributed by atoms with Gasteiger partial charge in [0.05, 0.1) is 0 Å². The summed E-state index contributed by atoms with van der Waals surface area (Å²) in [6.45, 7) is 18.3. The van der Waals surface area contributed by atoms with Gasteiger partial charge in [0, 0.05) is 46.0 Å². The van der Waals surface area contributed by atoms with E-state index in [9.17, 15) is 0 Å². The Labute approximate surface area is 345 Å². The van der Waals surface area contributed by atoms with E-state index in [0.29, 0.717) is 11.8 Å². The summed E-state index contributed by atoms with van der Waals surface area (Å²) in [5, 5.41) is 7.61. The van der Waals surface area contributed by atoms with Crippen molar-refractivity contribution >= 4 is 60.8 Å². The van der Waals surface area contributed by atoms with Crippen molar-refractivity contribution in [1.82, 2.24) is 0 Å². The lowest BCUT2D eigenvalue weighted by atomic mass is 9.84. The highest BCUT2D eigenvalue weighted by Crippen LogP contribution is 2.43. The lowest BCUT2D eigenvalue weighted by Gasteiger charge is -2.32. The van der Waals surface area contributed by atoms with Crippen LogP contribution in [0.5, 0.6) is 0 Å². The second kappa shape index (κ2) is 14.4. The van der Waals surface area contributed by atoms with Crippen LogP contribution < -0.4 is 9.80 Å². The highest BCUT2D eigenvalue weighted by Gasteiger charge is 2.24. The number of fused-ring (bicyclic) bond motifs is 4. The Morgan fingerprint density at radius 2 is 0.879 bits per heavy atom. The summed E-state index contributed by atoms with van der Waals surface area (Å²) in [6.07, 6.45) is 16.1. The molecule has 0 aliphatic heterocycles.